The molecule has 4 aromatic rings. The third kappa shape index (κ3) is 3.36. The molecule has 0 unspecified atom stereocenters. The zero-order valence-corrected chi connectivity index (χ0v) is 15.5. The van der Waals surface area contributed by atoms with Crippen LogP contribution >= 0.6 is 23.2 Å². The lowest BCUT2D eigenvalue weighted by atomic mass is 10.2. The first-order valence-corrected chi connectivity index (χ1v) is 8.88. The van der Waals surface area contributed by atoms with Crippen LogP contribution in [0.3, 0.4) is 0 Å². The molecule has 0 bridgehead atoms. The van der Waals surface area contributed by atoms with Crippen LogP contribution in [-0.4, -0.2) is 15.8 Å². The summed E-state index contributed by atoms with van der Waals surface area (Å²) in [5.41, 5.74) is 4.84. The first-order chi connectivity index (χ1) is 12.6. The summed E-state index contributed by atoms with van der Waals surface area (Å²) >= 11 is 11.9. The van der Waals surface area contributed by atoms with Gasteiger partial charge in [0, 0.05) is 28.9 Å². The number of aryl methyl sites for hydroxylation is 1. The maximum absolute atomic E-state index is 5.98. The average molecular weight is 380 g/mol. The second-order valence-electron chi connectivity index (χ2n) is 5.98. The molecule has 5 heteroatoms. The van der Waals surface area contributed by atoms with Crippen LogP contribution in [-0.2, 0) is 7.05 Å². The molecule has 3 nitrogen and oxygen atoms in total. The second-order valence-corrected chi connectivity index (χ2v) is 6.86. The first kappa shape index (κ1) is 16.8. The van der Waals surface area contributed by atoms with E-state index in [-0.39, 0.29) is 0 Å². The Morgan fingerprint density at radius 3 is 2.23 bits per heavy atom. The lowest BCUT2D eigenvalue weighted by molar-refractivity contribution is 0.959. The molecule has 0 fully saturated rings. The van der Waals surface area contributed by atoms with Crippen LogP contribution in [0.25, 0.3) is 22.4 Å². The van der Waals surface area contributed by atoms with Gasteiger partial charge in [0.15, 0.2) is 0 Å². The largest absolute Gasteiger partial charge is 0.327 e. The number of nitrogens with zero attached hydrogens (tertiary/aromatic N) is 3. The summed E-state index contributed by atoms with van der Waals surface area (Å²) in [6.45, 7) is 0. The van der Waals surface area contributed by atoms with Gasteiger partial charge < -0.3 is 4.57 Å². The van der Waals surface area contributed by atoms with Gasteiger partial charge in [-0.05, 0) is 60.2 Å². The van der Waals surface area contributed by atoms with E-state index in [1.807, 2.05) is 80.0 Å². The molecule has 128 valence electrons. The molecule has 4 rings (SSSR count). The number of rotatable bonds is 3. The van der Waals surface area contributed by atoms with Crippen LogP contribution in [0, 0.1) is 0 Å². The predicted octanol–water partition coefficient (Wildman–Crippen LogP) is 6.30. The van der Waals surface area contributed by atoms with Gasteiger partial charge in [-0.3, -0.25) is 4.99 Å². The third-order valence-electron chi connectivity index (χ3n) is 4.20. The van der Waals surface area contributed by atoms with Gasteiger partial charge in [0.05, 0.1) is 16.7 Å². The highest BCUT2D eigenvalue weighted by Crippen LogP contribution is 2.27. The van der Waals surface area contributed by atoms with Crippen LogP contribution in [0.2, 0.25) is 10.0 Å². The molecular formula is C21H15Cl2N3. The van der Waals surface area contributed by atoms with Crippen molar-refractivity contribution in [3.63, 3.8) is 0 Å². The van der Waals surface area contributed by atoms with Crippen molar-refractivity contribution in [3.05, 3.63) is 82.3 Å². The molecule has 0 amide bonds. The summed E-state index contributed by atoms with van der Waals surface area (Å²) in [6.07, 6.45) is 1.82. The number of hydrogen-bond acceptors (Lipinski definition) is 2. The summed E-state index contributed by atoms with van der Waals surface area (Å²) in [7, 11) is 2.01. The van der Waals surface area contributed by atoms with Crippen molar-refractivity contribution in [1.29, 1.82) is 0 Å². The van der Waals surface area contributed by atoms with E-state index < -0.39 is 0 Å². The Hall–Kier alpha value is -2.62. The normalized spacial score (nSPS) is 11.5. The number of benzene rings is 3. The van der Waals surface area contributed by atoms with Crippen molar-refractivity contribution in [3.8, 4) is 11.4 Å². The summed E-state index contributed by atoms with van der Waals surface area (Å²) in [4.78, 5) is 9.31. The predicted molar refractivity (Wildman–Crippen MR) is 110 cm³/mol. The Morgan fingerprint density at radius 1 is 0.885 bits per heavy atom. The quantitative estimate of drug-likeness (QED) is 0.384. The zero-order chi connectivity index (χ0) is 18.1. The number of fused-ring (bicyclic) bond motifs is 1. The molecule has 0 aliphatic rings. The molecule has 1 aromatic heterocycles. The average Bonchev–Trinajstić information content (AvgIpc) is 2.98. The highest BCUT2D eigenvalue weighted by atomic mass is 35.5. The molecule has 1 heterocycles. The minimum absolute atomic E-state index is 0.714. The van der Waals surface area contributed by atoms with E-state index in [1.165, 1.54) is 0 Å². The van der Waals surface area contributed by atoms with Crippen molar-refractivity contribution < 1.29 is 0 Å². The summed E-state index contributed by atoms with van der Waals surface area (Å²) in [6, 6.07) is 21.3. The number of halogens is 2. The van der Waals surface area contributed by atoms with Gasteiger partial charge in [0.25, 0.3) is 0 Å². The van der Waals surface area contributed by atoms with Gasteiger partial charge in [-0.1, -0.05) is 35.3 Å². The SMILES string of the molecule is Cn1c(-c2ccc(Cl)cc2)nc2cc(N=Cc3ccc(Cl)cc3)ccc21. The van der Waals surface area contributed by atoms with Crippen molar-refractivity contribution in [2.45, 2.75) is 0 Å². The fourth-order valence-electron chi connectivity index (χ4n) is 2.82. The number of imidazole rings is 1. The minimum atomic E-state index is 0.714. The van der Waals surface area contributed by atoms with Crippen molar-refractivity contribution in [2.75, 3.05) is 0 Å². The van der Waals surface area contributed by atoms with Crippen LogP contribution in [0.1, 0.15) is 5.56 Å². The molecule has 0 N–H and O–H groups in total. The molecule has 0 aliphatic carbocycles. The second kappa shape index (κ2) is 6.94. The highest BCUT2D eigenvalue weighted by molar-refractivity contribution is 6.30. The van der Waals surface area contributed by atoms with E-state index in [1.54, 1.807) is 0 Å². The van der Waals surface area contributed by atoms with Crippen LogP contribution in [0.4, 0.5) is 5.69 Å². The Balaban J connectivity index is 1.69. The van der Waals surface area contributed by atoms with Crippen molar-refractivity contribution in [2.24, 2.45) is 12.0 Å². The van der Waals surface area contributed by atoms with E-state index in [9.17, 15) is 0 Å². The van der Waals surface area contributed by atoms with Crippen molar-refractivity contribution in [1.82, 2.24) is 9.55 Å². The monoisotopic (exact) mass is 379 g/mol. The molecule has 0 aliphatic heterocycles. The van der Waals surface area contributed by atoms with Gasteiger partial charge >= 0.3 is 0 Å². The Morgan fingerprint density at radius 2 is 1.54 bits per heavy atom. The van der Waals surface area contributed by atoms with Gasteiger partial charge in [-0.25, -0.2) is 4.98 Å². The zero-order valence-electron chi connectivity index (χ0n) is 14.0. The molecular weight excluding hydrogens is 365 g/mol. The van der Waals surface area contributed by atoms with Gasteiger partial charge in [0.1, 0.15) is 5.82 Å². The van der Waals surface area contributed by atoms with E-state index in [0.717, 1.165) is 33.7 Å². The molecule has 3 aromatic carbocycles. The maximum atomic E-state index is 5.98. The van der Waals surface area contributed by atoms with Gasteiger partial charge in [-0.2, -0.15) is 0 Å². The summed E-state index contributed by atoms with van der Waals surface area (Å²) < 4.78 is 2.07. The van der Waals surface area contributed by atoms with E-state index in [2.05, 4.69) is 9.56 Å². The molecule has 0 saturated heterocycles. The maximum Gasteiger partial charge on any atom is 0.140 e. The van der Waals surface area contributed by atoms with Gasteiger partial charge in [0.2, 0.25) is 0 Å². The van der Waals surface area contributed by atoms with Crippen LogP contribution in [0.15, 0.2) is 71.7 Å². The smallest absolute Gasteiger partial charge is 0.140 e. The number of hydrogen-bond donors (Lipinski definition) is 0. The molecule has 0 saturated carbocycles. The Labute approximate surface area is 161 Å². The number of aromatic nitrogens is 2. The fraction of sp³-hybridized carbons (Fsp3) is 0.0476. The first-order valence-electron chi connectivity index (χ1n) is 8.12. The van der Waals surface area contributed by atoms with Crippen LogP contribution < -0.4 is 0 Å². The van der Waals surface area contributed by atoms with E-state index in [0.29, 0.717) is 10.0 Å². The molecule has 0 spiro atoms. The summed E-state index contributed by atoms with van der Waals surface area (Å²) in [5.74, 6) is 0.899. The third-order valence-corrected chi connectivity index (χ3v) is 4.70. The topological polar surface area (TPSA) is 30.2 Å². The Bertz CT molecular complexity index is 1090. The highest BCUT2D eigenvalue weighted by Gasteiger charge is 2.10. The molecule has 26 heavy (non-hydrogen) atoms. The van der Waals surface area contributed by atoms with E-state index in [4.69, 9.17) is 28.2 Å². The molecule has 0 radical (unpaired) electrons. The molecule has 0 atom stereocenters. The number of aliphatic imine (C=N–C) groups is 1. The van der Waals surface area contributed by atoms with Crippen LogP contribution in [0.5, 0.6) is 0 Å². The summed E-state index contributed by atoms with van der Waals surface area (Å²) in [5, 5.41) is 1.43. The Kier molecular flexibility index (Phi) is 4.49. The van der Waals surface area contributed by atoms with Gasteiger partial charge in [-0.15, -0.1) is 0 Å². The fourth-order valence-corrected chi connectivity index (χ4v) is 3.08. The standard InChI is InChI=1S/C21H15Cl2N3/c1-26-20-11-10-18(24-13-14-2-6-16(22)7-3-14)12-19(20)25-21(26)15-4-8-17(23)9-5-15/h2-13H,1H3. The lowest BCUT2D eigenvalue weighted by Gasteiger charge is -2.02. The lowest BCUT2D eigenvalue weighted by Crippen LogP contribution is -1.91. The minimum Gasteiger partial charge on any atom is -0.327 e. The van der Waals surface area contributed by atoms with E-state index >= 15 is 0 Å². The van der Waals surface area contributed by atoms with Crippen molar-refractivity contribution >= 4 is 46.1 Å².